The summed E-state index contributed by atoms with van der Waals surface area (Å²) in [5, 5.41) is 0. The molecule has 0 saturated carbocycles. The van der Waals surface area contributed by atoms with Crippen LogP contribution in [0.1, 0.15) is 43.2 Å². The van der Waals surface area contributed by atoms with Gasteiger partial charge in [-0.25, -0.2) is 14.8 Å². The highest BCUT2D eigenvalue weighted by molar-refractivity contribution is 5.68. The molecule has 1 amide bonds. The summed E-state index contributed by atoms with van der Waals surface area (Å²) in [5.74, 6) is 0.766. The highest BCUT2D eigenvalue weighted by Gasteiger charge is 2.29. The monoisotopic (exact) mass is 380 g/mol. The molecule has 2 heterocycles. The molecule has 148 valence electrons. The molecule has 0 unspecified atom stereocenters. The molecule has 0 atom stereocenters. The normalized spacial score (nSPS) is 16.5. The van der Waals surface area contributed by atoms with E-state index in [0.29, 0.717) is 19.1 Å². The fourth-order valence-corrected chi connectivity index (χ4v) is 3.93. The van der Waals surface area contributed by atoms with Gasteiger partial charge in [0.25, 0.3) is 0 Å². The van der Waals surface area contributed by atoms with Crippen LogP contribution in [-0.2, 0) is 30.5 Å². The lowest BCUT2D eigenvalue weighted by Crippen LogP contribution is -2.40. The molecule has 4 rings (SSSR count). The van der Waals surface area contributed by atoms with E-state index < -0.39 is 5.60 Å². The van der Waals surface area contributed by atoms with Crippen molar-refractivity contribution in [3.8, 4) is 0 Å². The third kappa shape index (κ3) is 3.81. The Bertz CT molecular complexity index is 865. The topological polar surface area (TPSA) is 58.6 Å². The van der Waals surface area contributed by atoms with E-state index in [2.05, 4.69) is 41.2 Å². The summed E-state index contributed by atoms with van der Waals surface area (Å²) in [6.07, 6.45) is 4.37. The predicted molar refractivity (Wildman–Crippen MR) is 108 cm³/mol. The molecule has 0 bridgehead atoms. The van der Waals surface area contributed by atoms with Crippen LogP contribution in [0.25, 0.3) is 0 Å². The number of carbonyl (C=O) groups excluding carboxylic acids is 1. The Kier molecular flexibility index (Phi) is 4.73. The van der Waals surface area contributed by atoms with Crippen LogP contribution in [0.15, 0.2) is 30.5 Å². The lowest BCUT2D eigenvalue weighted by molar-refractivity contribution is 0.0222. The van der Waals surface area contributed by atoms with Crippen LogP contribution in [0.3, 0.4) is 0 Å². The van der Waals surface area contributed by atoms with Gasteiger partial charge in [-0.1, -0.05) is 24.3 Å². The zero-order chi connectivity index (χ0) is 19.9. The molecule has 6 heteroatoms. The van der Waals surface area contributed by atoms with E-state index in [1.54, 1.807) is 4.90 Å². The first-order valence-corrected chi connectivity index (χ1v) is 9.92. The molecule has 2 aliphatic rings. The van der Waals surface area contributed by atoms with Crippen molar-refractivity contribution in [2.75, 3.05) is 18.5 Å². The van der Waals surface area contributed by atoms with Gasteiger partial charge >= 0.3 is 6.09 Å². The Balaban J connectivity index is 1.45. The summed E-state index contributed by atoms with van der Waals surface area (Å²) in [6, 6.07) is 9.02. The van der Waals surface area contributed by atoms with Crippen molar-refractivity contribution in [3.05, 3.63) is 52.8 Å². The molecule has 28 heavy (non-hydrogen) atoms. The molecule has 1 aromatic carbocycles. The maximum Gasteiger partial charge on any atom is 0.410 e. The molecule has 0 N–H and O–H groups in total. The minimum Gasteiger partial charge on any atom is -0.444 e. The van der Waals surface area contributed by atoms with Gasteiger partial charge in [0, 0.05) is 37.8 Å². The lowest BCUT2D eigenvalue weighted by atomic mass is 10.1. The van der Waals surface area contributed by atoms with E-state index in [0.717, 1.165) is 36.5 Å². The lowest BCUT2D eigenvalue weighted by Gasteiger charge is -2.31. The van der Waals surface area contributed by atoms with Crippen molar-refractivity contribution in [1.29, 1.82) is 0 Å². The number of amides is 1. The smallest absolute Gasteiger partial charge is 0.410 e. The van der Waals surface area contributed by atoms with Crippen LogP contribution in [0.4, 0.5) is 10.7 Å². The summed E-state index contributed by atoms with van der Waals surface area (Å²) in [4.78, 5) is 25.7. The molecule has 0 saturated heterocycles. The maximum atomic E-state index is 12.3. The van der Waals surface area contributed by atoms with E-state index in [9.17, 15) is 4.79 Å². The second-order valence-electron chi connectivity index (χ2n) is 8.74. The molecule has 0 radical (unpaired) electrons. The highest BCUT2D eigenvalue weighted by atomic mass is 16.6. The van der Waals surface area contributed by atoms with Crippen molar-refractivity contribution in [3.63, 3.8) is 0 Å². The number of likely N-dealkylation sites (N-methyl/N-ethyl adjacent to an activating group) is 1. The number of fused-ring (bicyclic) bond motifs is 2. The van der Waals surface area contributed by atoms with E-state index in [1.165, 1.54) is 11.1 Å². The number of hydrogen-bond acceptors (Lipinski definition) is 5. The highest BCUT2D eigenvalue weighted by Crippen LogP contribution is 2.27. The number of hydrogen-bond donors (Lipinski definition) is 0. The molecule has 1 aromatic heterocycles. The Morgan fingerprint density at radius 2 is 1.86 bits per heavy atom. The SMILES string of the molecule is CN(c1ncc2c(n1)CCN(C(=O)OC(C)(C)C)C2)C1Cc2ccccc2C1. The molecule has 2 aromatic rings. The average molecular weight is 380 g/mol. The van der Waals surface area contributed by atoms with Gasteiger partial charge in [-0.05, 0) is 44.7 Å². The first kappa shape index (κ1) is 18.7. The van der Waals surface area contributed by atoms with Gasteiger partial charge < -0.3 is 14.5 Å². The van der Waals surface area contributed by atoms with E-state index in [-0.39, 0.29) is 6.09 Å². The van der Waals surface area contributed by atoms with Gasteiger partial charge in [0.05, 0.1) is 12.2 Å². The minimum absolute atomic E-state index is 0.275. The van der Waals surface area contributed by atoms with Crippen LogP contribution in [0.5, 0.6) is 0 Å². The molecule has 1 aliphatic carbocycles. The molecular formula is C22H28N4O2. The van der Waals surface area contributed by atoms with Crippen molar-refractivity contribution >= 4 is 12.0 Å². The fraction of sp³-hybridized carbons (Fsp3) is 0.500. The first-order valence-electron chi connectivity index (χ1n) is 9.92. The maximum absolute atomic E-state index is 12.3. The number of benzene rings is 1. The zero-order valence-electron chi connectivity index (χ0n) is 17.1. The molecule has 0 fully saturated rings. The summed E-state index contributed by atoms with van der Waals surface area (Å²) in [5.41, 5.74) is 4.39. The largest absolute Gasteiger partial charge is 0.444 e. The summed E-state index contributed by atoms with van der Waals surface area (Å²) >= 11 is 0. The second-order valence-corrected chi connectivity index (χ2v) is 8.74. The van der Waals surface area contributed by atoms with Gasteiger partial charge in [-0.15, -0.1) is 0 Å². The van der Waals surface area contributed by atoms with Crippen molar-refractivity contribution in [2.24, 2.45) is 0 Å². The van der Waals surface area contributed by atoms with Crippen LogP contribution in [-0.4, -0.2) is 46.2 Å². The number of nitrogens with zero attached hydrogens (tertiary/aromatic N) is 4. The number of carbonyl (C=O) groups is 1. The number of ether oxygens (including phenoxy) is 1. The Labute approximate surface area is 166 Å². The van der Waals surface area contributed by atoms with Gasteiger partial charge in [-0.3, -0.25) is 0 Å². The van der Waals surface area contributed by atoms with E-state index in [1.807, 2.05) is 27.0 Å². The van der Waals surface area contributed by atoms with Gasteiger partial charge in [0.15, 0.2) is 0 Å². The summed E-state index contributed by atoms with van der Waals surface area (Å²) in [7, 11) is 2.08. The van der Waals surface area contributed by atoms with Crippen LogP contribution in [0.2, 0.25) is 0 Å². The van der Waals surface area contributed by atoms with Crippen molar-refractivity contribution in [1.82, 2.24) is 14.9 Å². The Morgan fingerprint density at radius 1 is 1.18 bits per heavy atom. The van der Waals surface area contributed by atoms with E-state index >= 15 is 0 Å². The third-order valence-corrected chi connectivity index (χ3v) is 5.47. The number of anilines is 1. The second kappa shape index (κ2) is 7.08. The first-order chi connectivity index (χ1) is 13.3. The quantitative estimate of drug-likeness (QED) is 0.799. The fourth-order valence-electron chi connectivity index (χ4n) is 3.93. The minimum atomic E-state index is -0.487. The molecule has 1 aliphatic heterocycles. The van der Waals surface area contributed by atoms with Crippen molar-refractivity contribution in [2.45, 2.75) is 58.2 Å². The molecular weight excluding hydrogens is 352 g/mol. The number of rotatable bonds is 2. The van der Waals surface area contributed by atoms with Crippen molar-refractivity contribution < 1.29 is 9.53 Å². The Hall–Kier alpha value is -2.63. The molecule has 0 spiro atoms. The van der Waals surface area contributed by atoms with Crippen LogP contribution in [0, 0.1) is 0 Å². The average Bonchev–Trinajstić information content (AvgIpc) is 3.09. The standard InChI is InChI=1S/C22H28N4O2/c1-22(2,3)28-21(27)26-10-9-19-17(14-26)13-23-20(24-19)25(4)18-11-15-7-5-6-8-16(15)12-18/h5-8,13,18H,9-12,14H2,1-4H3. The zero-order valence-corrected chi connectivity index (χ0v) is 17.1. The van der Waals surface area contributed by atoms with Gasteiger partial charge in [0.2, 0.25) is 5.95 Å². The van der Waals surface area contributed by atoms with Gasteiger partial charge in [0.1, 0.15) is 5.60 Å². The summed E-state index contributed by atoms with van der Waals surface area (Å²) in [6.45, 7) is 6.78. The number of aromatic nitrogens is 2. The van der Waals surface area contributed by atoms with E-state index in [4.69, 9.17) is 9.72 Å². The van der Waals surface area contributed by atoms with Crippen LogP contribution >= 0.6 is 0 Å². The van der Waals surface area contributed by atoms with Gasteiger partial charge in [-0.2, -0.15) is 0 Å². The third-order valence-electron chi connectivity index (χ3n) is 5.47. The van der Waals surface area contributed by atoms with Crippen LogP contribution < -0.4 is 4.90 Å². The Morgan fingerprint density at radius 3 is 2.50 bits per heavy atom. The predicted octanol–water partition coefficient (Wildman–Crippen LogP) is 3.37. The molecule has 6 nitrogen and oxygen atoms in total. The summed E-state index contributed by atoms with van der Waals surface area (Å²) < 4.78 is 5.49.